The first-order valence-corrected chi connectivity index (χ1v) is 11.5. The molecule has 5 heteroatoms. The number of amides is 1. The molecule has 2 aromatic rings. The van der Waals surface area contributed by atoms with Crippen molar-refractivity contribution in [1.82, 2.24) is 0 Å². The lowest BCUT2D eigenvalue weighted by molar-refractivity contribution is -0.137. The van der Waals surface area contributed by atoms with E-state index in [1.807, 2.05) is 56.3 Å². The van der Waals surface area contributed by atoms with Crippen LogP contribution in [0.3, 0.4) is 0 Å². The molecule has 0 aliphatic carbocycles. The van der Waals surface area contributed by atoms with Crippen molar-refractivity contribution in [2.24, 2.45) is 11.8 Å². The summed E-state index contributed by atoms with van der Waals surface area (Å²) in [6, 6.07) is 13.9. The molecule has 0 fully saturated rings. The van der Waals surface area contributed by atoms with Crippen molar-refractivity contribution in [3.05, 3.63) is 59.2 Å². The number of hydrogen-bond donors (Lipinski definition) is 2. The molecule has 0 saturated carbocycles. The Morgan fingerprint density at radius 3 is 2.06 bits per heavy atom. The van der Waals surface area contributed by atoms with Crippen molar-refractivity contribution in [2.75, 3.05) is 23.3 Å². The molecule has 32 heavy (non-hydrogen) atoms. The second-order valence-corrected chi connectivity index (χ2v) is 9.68. The van der Waals surface area contributed by atoms with Crippen LogP contribution in [-0.4, -0.2) is 30.1 Å². The van der Waals surface area contributed by atoms with E-state index >= 15 is 0 Å². The monoisotopic (exact) mass is 438 g/mol. The molecular formula is C27H38N2O3. The molecule has 0 saturated heterocycles. The molecule has 0 spiro atoms. The molecule has 1 atom stereocenters. The summed E-state index contributed by atoms with van der Waals surface area (Å²) in [6.45, 7) is 14.4. The standard InChI is InChI=1S/C27H38N2O3/c1-18(2)16-29(17-19(3)4)25-12-11-23(21(6)13-27(31)32)15-24(25)28-26(30)14-22-9-7-20(5)8-10-22/h7-12,15,18-19,21H,13-14,16-17H2,1-6H3,(H,28,30)(H,31,32)/t21-/m0/s1. The molecule has 0 aliphatic heterocycles. The third-order valence-electron chi connectivity index (χ3n) is 5.34. The Bertz CT molecular complexity index is 894. The van der Waals surface area contributed by atoms with Crippen LogP contribution in [0.5, 0.6) is 0 Å². The van der Waals surface area contributed by atoms with E-state index in [0.29, 0.717) is 18.3 Å². The van der Waals surface area contributed by atoms with Crippen molar-refractivity contribution < 1.29 is 14.7 Å². The molecule has 2 rings (SSSR count). The molecule has 0 aromatic heterocycles. The normalized spacial score (nSPS) is 12.1. The van der Waals surface area contributed by atoms with Crippen molar-refractivity contribution in [3.63, 3.8) is 0 Å². The second-order valence-electron chi connectivity index (χ2n) is 9.68. The van der Waals surface area contributed by atoms with Gasteiger partial charge >= 0.3 is 5.97 Å². The van der Waals surface area contributed by atoms with E-state index in [0.717, 1.165) is 41.2 Å². The highest BCUT2D eigenvalue weighted by Crippen LogP contribution is 2.32. The number of aryl methyl sites for hydroxylation is 1. The lowest BCUT2D eigenvalue weighted by atomic mass is 9.96. The average molecular weight is 439 g/mol. The van der Waals surface area contributed by atoms with Gasteiger partial charge in [0.15, 0.2) is 0 Å². The van der Waals surface area contributed by atoms with Gasteiger partial charge in [-0.2, -0.15) is 0 Å². The zero-order valence-electron chi connectivity index (χ0n) is 20.3. The minimum atomic E-state index is -0.826. The van der Waals surface area contributed by atoms with E-state index < -0.39 is 5.97 Å². The molecule has 2 aromatic carbocycles. The molecular weight excluding hydrogens is 400 g/mol. The number of anilines is 2. The number of carboxylic acid groups (broad SMARTS) is 1. The number of carbonyl (C=O) groups is 2. The number of carbonyl (C=O) groups excluding carboxylic acids is 1. The minimum Gasteiger partial charge on any atom is -0.481 e. The highest BCUT2D eigenvalue weighted by atomic mass is 16.4. The summed E-state index contributed by atoms with van der Waals surface area (Å²) in [5.41, 5.74) is 4.77. The molecule has 2 N–H and O–H groups in total. The SMILES string of the molecule is Cc1ccc(CC(=O)Nc2cc([C@@H](C)CC(=O)O)ccc2N(CC(C)C)CC(C)C)cc1. The molecule has 0 bridgehead atoms. The Morgan fingerprint density at radius 2 is 1.53 bits per heavy atom. The summed E-state index contributed by atoms with van der Waals surface area (Å²) in [7, 11) is 0. The predicted molar refractivity (Wildman–Crippen MR) is 133 cm³/mol. The van der Waals surface area contributed by atoms with Crippen LogP contribution in [0, 0.1) is 18.8 Å². The van der Waals surface area contributed by atoms with Crippen LogP contribution in [0.25, 0.3) is 0 Å². The maximum atomic E-state index is 12.9. The number of nitrogens with one attached hydrogen (secondary N) is 1. The average Bonchev–Trinajstić information content (AvgIpc) is 2.68. The van der Waals surface area contributed by atoms with Crippen LogP contribution >= 0.6 is 0 Å². The Balaban J connectivity index is 2.37. The molecule has 1 amide bonds. The quantitative estimate of drug-likeness (QED) is 0.460. The highest BCUT2D eigenvalue weighted by Gasteiger charge is 2.19. The van der Waals surface area contributed by atoms with Gasteiger partial charge in [-0.25, -0.2) is 0 Å². The van der Waals surface area contributed by atoms with Gasteiger partial charge in [-0.3, -0.25) is 9.59 Å². The van der Waals surface area contributed by atoms with Crippen LogP contribution in [0.2, 0.25) is 0 Å². The maximum Gasteiger partial charge on any atom is 0.303 e. The Labute approximate surface area is 192 Å². The van der Waals surface area contributed by atoms with Crippen molar-refractivity contribution in [2.45, 2.75) is 60.3 Å². The van der Waals surface area contributed by atoms with Gasteiger partial charge in [-0.1, -0.05) is 70.5 Å². The Hall–Kier alpha value is -2.82. The van der Waals surface area contributed by atoms with Gasteiger partial charge in [0.1, 0.15) is 0 Å². The smallest absolute Gasteiger partial charge is 0.303 e. The molecule has 0 aliphatic rings. The summed E-state index contributed by atoms with van der Waals surface area (Å²) >= 11 is 0. The summed E-state index contributed by atoms with van der Waals surface area (Å²) in [6.07, 6.45) is 0.348. The number of rotatable bonds is 11. The minimum absolute atomic E-state index is 0.0534. The first-order chi connectivity index (χ1) is 15.0. The highest BCUT2D eigenvalue weighted by molar-refractivity contribution is 5.95. The fourth-order valence-corrected chi connectivity index (χ4v) is 3.85. The maximum absolute atomic E-state index is 12.9. The summed E-state index contributed by atoms with van der Waals surface area (Å²) in [5.74, 6) is -0.108. The van der Waals surface area contributed by atoms with E-state index in [1.165, 1.54) is 0 Å². The van der Waals surface area contributed by atoms with Gasteiger partial charge in [0, 0.05) is 13.1 Å². The molecule has 0 heterocycles. The van der Waals surface area contributed by atoms with Crippen molar-refractivity contribution in [3.8, 4) is 0 Å². The van der Waals surface area contributed by atoms with Gasteiger partial charge in [0.2, 0.25) is 5.91 Å². The molecule has 5 nitrogen and oxygen atoms in total. The Morgan fingerprint density at radius 1 is 0.938 bits per heavy atom. The third-order valence-corrected chi connectivity index (χ3v) is 5.34. The number of hydrogen-bond acceptors (Lipinski definition) is 3. The fraction of sp³-hybridized carbons (Fsp3) is 0.481. The van der Waals surface area contributed by atoms with E-state index in [1.54, 1.807) is 0 Å². The topological polar surface area (TPSA) is 69.6 Å². The van der Waals surface area contributed by atoms with Gasteiger partial charge in [0.05, 0.1) is 24.2 Å². The van der Waals surface area contributed by atoms with E-state index in [4.69, 9.17) is 0 Å². The van der Waals surface area contributed by atoms with Crippen LogP contribution in [0.4, 0.5) is 11.4 Å². The van der Waals surface area contributed by atoms with Gasteiger partial charge in [-0.15, -0.1) is 0 Å². The third kappa shape index (κ3) is 8.03. The Kier molecular flexibility index (Phi) is 9.30. The molecule has 174 valence electrons. The summed E-state index contributed by atoms with van der Waals surface area (Å²) < 4.78 is 0. The first kappa shape index (κ1) is 25.4. The lowest BCUT2D eigenvalue weighted by Crippen LogP contribution is -2.32. The van der Waals surface area contributed by atoms with Gasteiger partial charge in [-0.05, 0) is 47.9 Å². The van der Waals surface area contributed by atoms with Gasteiger partial charge < -0.3 is 15.3 Å². The molecule has 0 radical (unpaired) electrons. The van der Waals surface area contributed by atoms with Crippen molar-refractivity contribution >= 4 is 23.3 Å². The predicted octanol–water partition coefficient (Wildman–Crippen LogP) is 5.87. The summed E-state index contributed by atoms with van der Waals surface area (Å²) in [5, 5.41) is 12.3. The number of carboxylic acids is 1. The van der Waals surface area contributed by atoms with Crippen LogP contribution in [0.15, 0.2) is 42.5 Å². The van der Waals surface area contributed by atoms with E-state index in [-0.39, 0.29) is 18.2 Å². The largest absolute Gasteiger partial charge is 0.481 e. The van der Waals surface area contributed by atoms with Crippen LogP contribution in [0.1, 0.15) is 63.6 Å². The second kappa shape index (κ2) is 11.7. The zero-order valence-corrected chi connectivity index (χ0v) is 20.3. The number of benzene rings is 2. The lowest BCUT2D eigenvalue weighted by Gasteiger charge is -2.31. The number of aliphatic carboxylic acids is 1. The molecule has 0 unspecified atom stereocenters. The first-order valence-electron chi connectivity index (χ1n) is 11.5. The van der Waals surface area contributed by atoms with Crippen LogP contribution < -0.4 is 10.2 Å². The van der Waals surface area contributed by atoms with E-state index in [2.05, 4.69) is 37.9 Å². The number of nitrogens with zero attached hydrogens (tertiary/aromatic N) is 1. The van der Waals surface area contributed by atoms with Gasteiger partial charge in [0.25, 0.3) is 0 Å². The zero-order chi connectivity index (χ0) is 23.8. The van der Waals surface area contributed by atoms with Crippen molar-refractivity contribution in [1.29, 1.82) is 0 Å². The van der Waals surface area contributed by atoms with E-state index in [9.17, 15) is 14.7 Å². The fourth-order valence-electron chi connectivity index (χ4n) is 3.85. The summed E-state index contributed by atoms with van der Waals surface area (Å²) in [4.78, 5) is 26.5. The van der Waals surface area contributed by atoms with Crippen LogP contribution in [-0.2, 0) is 16.0 Å².